The molecule has 1 aliphatic heterocycles. The van der Waals surface area contributed by atoms with Crippen LogP contribution in [0, 0.1) is 0 Å². The number of benzene rings is 2. The molecule has 0 spiro atoms. The Morgan fingerprint density at radius 3 is 2.39 bits per heavy atom. The third-order valence-corrected chi connectivity index (χ3v) is 5.43. The normalized spacial score (nSPS) is 18.4. The summed E-state index contributed by atoms with van der Waals surface area (Å²) in [6.45, 7) is 3.66. The van der Waals surface area contributed by atoms with Crippen molar-refractivity contribution in [2.45, 2.75) is 44.8 Å². The van der Waals surface area contributed by atoms with Crippen molar-refractivity contribution in [3.05, 3.63) is 63.6 Å². The molecule has 1 aliphatic rings. The monoisotopic (exact) mass is 467 g/mol. The van der Waals surface area contributed by atoms with Crippen LogP contribution in [-0.4, -0.2) is 41.5 Å². The lowest BCUT2D eigenvalue weighted by molar-refractivity contribution is -0.155. The Kier molecular flexibility index (Phi) is 7.43. The molecule has 2 atom stereocenters. The van der Waals surface area contributed by atoms with Gasteiger partial charge in [-0.1, -0.05) is 41.4 Å². The molecule has 166 valence electrons. The van der Waals surface area contributed by atoms with Crippen LogP contribution in [0.1, 0.15) is 25.0 Å². The predicted octanol–water partition coefficient (Wildman–Crippen LogP) is 3.84. The molecule has 0 unspecified atom stereocenters. The second-order valence-corrected chi connectivity index (χ2v) is 8.37. The summed E-state index contributed by atoms with van der Waals surface area (Å²) in [6.07, 6.45) is -0.737. The van der Waals surface area contributed by atoms with Crippen LogP contribution in [0.2, 0.25) is 10.0 Å². The van der Waals surface area contributed by atoms with Crippen molar-refractivity contribution in [2.24, 2.45) is 0 Å². The molecule has 2 N–H and O–H groups in total. The molecule has 0 bridgehead atoms. The van der Waals surface area contributed by atoms with Gasteiger partial charge < -0.3 is 24.6 Å². The number of carboxylic acids is 1. The van der Waals surface area contributed by atoms with E-state index in [1.807, 2.05) is 0 Å². The summed E-state index contributed by atoms with van der Waals surface area (Å²) in [5.41, 5.74) is 1.41. The fourth-order valence-corrected chi connectivity index (χ4v) is 3.57. The average Bonchev–Trinajstić information content (AvgIpc) is 3.08. The SMILES string of the molecule is CC1(C)OC[C@H](C(=O)N[C@@H](Cc2ccc(OCc3c(Cl)cccc3Cl)cc2)C(=O)O)O1. The first-order valence-electron chi connectivity index (χ1n) is 9.64. The van der Waals surface area contributed by atoms with Crippen LogP contribution in [0.5, 0.6) is 5.75 Å². The van der Waals surface area contributed by atoms with Gasteiger partial charge in [0.25, 0.3) is 5.91 Å². The minimum atomic E-state index is -1.14. The molecule has 1 saturated heterocycles. The molecular weight excluding hydrogens is 445 g/mol. The minimum Gasteiger partial charge on any atom is -0.489 e. The summed E-state index contributed by atoms with van der Waals surface area (Å²) in [5, 5.41) is 13.1. The number of hydrogen-bond donors (Lipinski definition) is 2. The Morgan fingerprint density at radius 2 is 1.84 bits per heavy atom. The summed E-state index contributed by atoms with van der Waals surface area (Å²) in [5.74, 6) is -1.95. The molecule has 31 heavy (non-hydrogen) atoms. The molecule has 2 aromatic rings. The molecular formula is C22H23Cl2NO6. The average molecular weight is 468 g/mol. The van der Waals surface area contributed by atoms with E-state index in [4.69, 9.17) is 37.4 Å². The van der Waals surface area contributed by atoms with Crippen molar-refractivity contribution in [1.29, 1.82) is 0 Å². The summed E-state index contributed by atoms with van der Waals surface area (Å²) in [4.78, 5) is 24.0. The van der Waals surface area contributed by atoms with Gasteiger partial charge in [0.05, 0.1) is 6.61 Å². The molecule has 3 rings (SSSR count). The van der Waals surface area contributed by atoms with Crippen molar-refractivity contribution in [2.75, 3.05) is 6.61 Å². The Morgan fingerprint density at radius 1 is 1.19 bits per heavy atom. The van der Waals surface area contributed by atoms with Crippen LogP contribution in [0.4, 0.5) is 0 Å². The van der Waals surface area contributed by atoms with Crippen LogP contribution in [-0.2, 0) is 32.1 Å². The maximum atomic E-state index is 12.3. The van der Waals surface area contributed by atoms with E-state index in [0.29, 0.717) is 21.4 Å². The number of carbonyl (C=O) groups excluding carboxylic acids is 1. The summed E-state index contributed by atoms with van der Waals surface area (Å²) in [7, 11) is 0. The Bertz CT molecular complexity index is 927. The number of amides is 1. The first-order valence-corrected chi connectivity index (χ1v) is 10.4. The maximum Gasteiger partial charge on any atom is 0.326 e. The Hall–Kier alpha value is -2.32. The Balaban J connectivity index is 1.58. The van der Waals surface area contributed by atoms with Gasteiger partial charge in [0.15, 0.2) is 11.9 Å². The van der Waals surface area contributed by atoms with Gasteiger partial charge >= 0.3 is 5.97 Å². The van der Waals surface area contributed by atoms with E-state index in [1.165, 1.54) is 0 Å². The van der Waals surface area contributed by atoms with Gasteiger partial charge in [-0.25, -0.2) is 4.79 Å². The largest absolute Gasteiger partial charge is 0.489 e. The first-order chi connectivity index (χ1) is 14.6. The molecule has 0 saturated carbocycles. The molecule has 0 aromatic heterocycles. The highest BCUT2D eigenvalue weighted by Crippen LogP contribution is 2.26. The van der Waals surface area contributed by atoms with E-state index in [9.17, 15) is 14.7 Å². The fraction of sp³-hybridized carbons (Fsp3) is 0.364. The zero-order chi connectivity index (χ0) is 22.6. The molecule has 0 radical (unpaired) electrons. The quantitative estimate of drug-likeness (QED) is 0.612. The third-order valence-electron chi connectivity index (χ3n) is 4.72. The number of carboxylic acid groups (broad SMARTS) is 1. The molecule has 1 heterocycles. The van der Waals surface area contributed by atoms with Crippen molar-refractivity contribution in [3.8, 4) is 5.75 Å². The minimum absolute atomic E-state index is 0.0760. The highest BCUT2D eigenvalue weighted by atomic mass is 35.5. The second kappa shape index (κ2) is 9.87. The number of rotatable bonds is 8. The number of aliphatic carboxylic acids is 1. The van der Waals surface area contributed by atoms with Gasteiger partial charge in [0, 0.05) is 22.0 Å². The molecule has 7 nitrogen and oxygen atoms in total. The van der Waals surface area contributed by atoms with Crippen LogP contribution < -0.4 is 10.1 Å². The number of hydrogen-bond acceptors (Lipinski definition) is 5. The van der Waals surface area contributed by atoms with E-state index in [1.54, 1.807) is 56.3 Å². The fourth-order valence-electron chi connectivity index (χ4n) is 3.06. The molecule has 0 aliphatic carbocycles. The lowest BCUT2D eigenvalue weighted by Gasteiger charge is -2.19. The van der Waals surface area contributed by atoms with Crippen LogP contribution in [0.3, 0.4) is 0 Å². The Labute approximate surface area is 190 Å². The zero-order valence-electron chi connectivity index (χ0n) is 17.1. The smallest absolute Gasteiger partial charge is 0.326 e. The van der Waals surface area contributed by atoms with E-state index in [-0.39, 0.29) is 19.6 Å². The van der Waals surface area contributed by atoms with Crippen LogP contribution in [0.25, 0.3) is 0 Å². The van der Waals surface area contributed by atoms with Gasteiger partial charge in [-0.3, -0.25) is 4.79 Å². The van der Waals surface area contributed by atoms with Crippen molar-refractivity contribution < 1.29 is 28.9 Å². The lowest BCUT2D eigenvalue weighted by atomic mass is 10.1. The first kappa shape index (κ1) is 23.3. The van der Waals surface area contributed by atoms with Crippen molar-refractivity contribution in [1.82, 2.24) is 5.32 Å². The number of halogens is 2. The second-order valence-electron chi connectivity index (χ2n) is 7.55. The summed E-state index contributed by atoms with van der Waals surface area (Å²) < 4.78 is 16.6. The number of nitrogens with one attached hydrogen (secondary N) is 1. The van der Waals surface area contributed by atoms with Gasteiger partial charge in [-0.15, -0.1) is 0 Å². The zero-order valence-corrected chi connectivity index (χ0v) is 18.6. The van der Waals surface area contributed by atoms with Gasteiger partial charge in [0.2, 0.25) is 0 Å². The number of ether oxygens (including phenoxy) is 3. The molecule has 2 aromatic carbocycles. The molecule has 1 amide bonds. The van der Waals surface area contributed by atoms with Crippen LogP contribution in [0.15, 0.2) is 42.5 Å². The standard InChI is InChI=1S/C22H23Cl2NO6/c1-22(2)30-12-19(31-22)20(26)25-18(21(27)28)10-13-6-8-14(9-7-13)29-11-15-16(23)4-3-5-17(15)24/h3-9,18-19H,10-12H2,1-2H3,(H,25,26)(H,27,28)/t18-,19+/m0/s1. The van der Waals surface area contributed by atoms with E-state index < -0.39 is 29.8 Å². The topological polar surface area (TPSA) is 94.1 Å². The van der Waals surface area contributed by atoms with E-state index in [0.717, 1.165) is 5.56 Å². The molecule has 1 fully saturated rings. The van der Waals surface area contributed by atoms with E-state index >= 15 is 0 Å². The van der Waals surface area contributed by atoms with Crippen molar-refractivity contribution in [3.63, 3.8) is 0 Å². The highest BCUT2D eigenvalue weighted by molar-refractivity contribution is 6.35. The lowest BCUT2D eigenvalue weighted by Crippen LogP contribution is -2.47. The van der Waals surface area contributed by atoms with Gasteiger partial charge in [0.1, 0.15) is 18.4 Å². The number of carbonyl (C=O) groups is 2. The summed E-state index contributed by atoms with van der Waals surface area (Å²) in [6, 6.07) is 11.0. The van der Waals surface area contributed by atoms with Gasteiger partial charge in [-0.2, -0.15) is 0 Å². The van der Waals surface area contributed by atoms with Crippen molar-refractivity contribution >= 4 is 35.1 Å². The maximum absolute atomic E-state index is 12.3. The van der Waals surface area contributed by atoms with Gasteiger partial charge in [-0.05, 0) is 43.7 Å². The summed E-state index contributed by atoms with van der Waals surface area (Å²) >= 11 is 12.3. The third kappa shape index (κ3) is 6.33. The predicted molar refractivity (Wildman–Crippen MR) is 115 cm³/mol. The highest BCUT2D eigenvalue weighted by Gasteiger charge is 2.38. The molecule has 9 heteroatoms. The van der Waals surface area contributed by atoms with E-state index in [2.05, 4.69) is 5.32 Å². The van der Waals surface area contributed by atoms with Crippen LogP contribution >= 0.6 is 23.2 Å².